The minimum Gasteiger partial charge on any atom is -0.303 e. The maximum absolute atomic E-state index is 10.4. The summed E-state index contributed by atoms with van der Waals surface area (Å²) in [4.78, 5) is 10.4. The minimum atomic E-state index is 0.647. The largest absolute Gasteiger partial charge is 0.303 e. The Labute approximate surface area is 175 Å². The molecule has 0 spiro atoms. The molecule has 1 nitrogen and oxygen atoms in total. The quantitative estimate of drug-likeness (QED) is 0.156. The Morgan fingerprint density at radius 2 is 0.786 bits per heavy atom. The summed E-state index contributed by atoms with van der Waals surface area (Å²) in [5, 5.41) is 0. The van der Waals surface area contributed by atoms with Gasteiger partial charge in [0.15, 0.2) is 0 Å². The highest BCUT2D eigenvalue weighted by molar-refractivity contribution is 5.49. The molecule has 0 amide bonds. The molecule has 0 rings (SSSR count). The van der Waals surface area contributed by atoms with Crippen molar-refractivity contribution in [2.75, 3.05) is 0 Å². The number of hydrogen-bond acceptors (Lipinski definition) is 1. The van der Waals surface area contributed by atoms with Gasteiger partial charge in [0.2, 0.25) is 0 Å². The average molecular weight is 385 g/mol. The molecule has 1 heteroatoms. The van der Waals surface area contributed by atoms with Crippen LogP contribution in [0.25, 0.3) is 0 Å². The molecular weight excluding hydrogens is 340 g/mol. The van der Waals surface area contributed by atoms with Gasteiger partial charge in [0.05, 0.1) is 0 Å². The van der Waals surface area contributed by atoms with Crippen LogP contribution in [0.4, 0.5) is 0 Å². The summed E-state index contributed by atoms with van der Waals surface area (Å²) in [7, 11) is 0. The first-order chi connectivity index (χ1) is 13.3. The van der Waals surface area contributed by atoms with Crippen molar-refractivity contribution in [3.8, 4) is 0 Å². The molecule has 0 unspecified atom stereocenters. The third kappa shape index (κ3) is 17.8. The van der Waals surface area contributed by atoms with Gasteiger partial charge in [0, 0.05) is 6.42 Å². The predicted molar refractivity (Wildman–Crippen MR) is 127 cm³/mol. The summed E-state index contributed by atoms with van der Waals surface area (Å²) >= 11 is 0. The molecular formula is C27H44O. The summed E-state index contributed by atoms with van der Waals surface area (Å²) in [6, 6.07) is 0. The van der Waals surface area contributed by atoms with Gasteiger partial charge in [-0.25, -0.2) is 0 Å². The third-order valence-corrected chi connectivity index (χ3v) is 4.96. The van der Waals surface area contributed by atoms with Crippen LogP contribution in [0, 0.1) is 0 Å². The zero-order valence-corrected chi connectivity index (χ0v) is 19.4. The number of rotatable bonds is 15. The van der Waals surface area contributed by atoms with Gasteiger partial charge in [-0.05, 0) is 99.3 Å². The molecule has 0 radical (unpaired) electrons. The molecule has 0 aliphatic rings. The molecule has 0 saturated heterocycles. The highest BCUT2D eigenvalue weighted by Gasteiger charge is 1.94. The van der Waals surface area contributed by atoms with E-state index in [1.807, 2.05) is 0 Å². The fourth-order valence-electron chi connectivity index (χ4n) is 3.04. The molecule has 0 atom stereocenters. The maximum Gasteiger partial charge on any atom is 0.120 e. The van der Waals surface area contributed by atoms with Gasteiger partial charge in [-0.15, -0.1) is 0 Å². The minimum absolute atomic E-state index is 0.647. The predicted octanol–water partition coefficient (Wildman–Crippen LogP) is 8.84. The van der Waals surface area contributed by atoms with Crippen molar-refractivity contribution in [3.63, 3.8) is 0 Å². The van der Waals surface area contributed by atoms with Crippen molar-refractivity contribution < 1.29 is 4.79 Å². The van der Waals surface area contributed by atoms with E-state index in [0.29, 0.717) is 6.42 Å². The monoisotopic (exact) mass is 384 g/mol. The first-order valence-electron chi connectivity index (χ1n) is 11.0. The van der Waals surface area contributed by atoms with Crippen molar-refractivity contribution >= 4 is 6.29 Å². The lowest BCUT2D eigenvalue weighted by molar-refractivity contribution is -0.107. The molecule has 0 fully saturated rings. The van der Waals surface area contributed by atoms with Gasteiger partial charge in [0.25, 0.3) is 0 Å². The van der Waals surface area contributed by atoms with E-state index in [1.54, 1.807) is 0 Å². The first kappa shape index (κ1) is 26.4. The van der Waals surface area contributed by atoms with E-state index in [-0.39, 0.29) is 0 Å². The van der Waals surface area contributed by atoms with Crippen LogP contribution >= 0.6 is 0 Å². The lowest BCUT2D eigenvalue weighted by Crippen LogP contribution is -1.82. The molecule has 0 aromatic rings. The van der Waals surface area contributed by atoms with E-state index in [4.69, 9.17) is 0 Å². The van der Waals surface area contributed by atoms with E-state index in [9.17, 15) is 4.79 Å². The molecule has 0 aliphatic carbocycles. The van der Waals surface area contributed by atoms with Crippen molar-refractivity contribution in [1.82, 2.24) is 0 Å². The van der Waals surface area contributed by atoms with Crippen LogP contribution in [-0.2, 0) is 4.79 Å². The van der Waals surface area contributed by atoms with Crippen molar-refractivity contribution in [2.24, 2.45) is 0 Å². The highest BCUT2D eigenvalue weighted by Crippen LogP contribution is 2.14. The molecule has 0 aromatic carbocycles. The second kappa shape index (κ2) is 17.5. The first-order valence-corrected chi connectivity index (χ1v) is 11.0. The van der Waals surface area contributed by atoms with E-state index >= 15 is 0 Å². The average Bonchev–Trinajstić information content (AvgIpc) is 2.63. The van der Waals surface area contributed by atoms with E-state index in [1.165, 1.54) is 47.1 Å². The van der Waals surface area contributed by atoms with Crippen LogP contribution in [0.3, 0.4) is 0 Å². The Morgan fingerprint density at radius 3 is 1.14 bits per heavy atom. The Bertz CT molecular complexity index is 577. The van der Waals surface area contributed by atoms with Crippen LogP contribution < -0.4 is 0 Å². The number of allylic oxidation sites excluding steroid dienone is 10. The summed E-state index contributed by atoms with van der Waals surface area (Å²) < 4.78 is 0. The topological polar surface area (TPSA) is 17.1 Å². The van der Waals surface area contributed by atoms with E-state index in [2.05, 4.69) is 71.9 Å². The number of carbonyl (C=O) groups is 1. The molecule has 0 N–H and O–H groups in total. The van der Waals surface area contributed by atoms with Gasteiger partial charge in [-0.3, -0.25) is 0 Å². The fourth-order valence-corrected chi connectivity index (χ4v) is 3.04. The van der Waals surface area contributed by atoms with Gasteiger partial charge in [-0.1, -0.05) is 58.2 Å². The molecule has 0 bridgehead atoms. The smallest absolute Gasteiger partial charge is 0.120 e. The fraction of sp³-hybridized carbons (Fsp3) is 0.593. The van der Waals surface area contributed by atoms with Gasteiger partial charge >= 0.3 is 0 Å². The number of hydrogen-bond donors (Lipinski definition) is 0. The normalized spacial score (nSPS) is 13.6. The third-order valence-electron chi connectivity index (χ3n) is 4.96. The molecule has 0 saturated carbocycles. The Morgan fingerprint density at radius 1 is 0.464 bits per heavy atom. The van der Waals surface area contributed by atoms with Crippen LogP contribution in [0.2, 0.25) is 0 Å². The number of unbranched alkanes of at least 4 members (excludes halogenated alkanes) is 1. The van der Waals surface area contributed by atoms with Gasteiger partial charge in [-0.2, -0.15) is 0 Å². The number of aldehydes is 1. The number of carbonyl (C=O) groups excluding carboxylic acids is 1. The molecule has 28 heavy (non-hydrogen) atoms. The van der Waals surface area contributed by atoms with Crippen LogP contribution in [0.15, 0.2) is 58.2 Å². The van der Waals surface area contributed by atoms with Crippen molar-refractivity contribution in [2.45, 2.75) is 106 Å². The Balaban J connectivity index is 4.02. The Hall–Kier alpha value is -1.63. The van der Waals surface area contributed by atoms with Crippen LogP contribution in [-0.4, -0.2) is 6.29 Å². The molecule has 0 aromatic heterocycles. The molecule has 158 valence electrons. The highest BCUT2D eigenvalue weighted by atomic mass is 16.1. The van der Waals surface area contributed by atoms with Crippen molar-refractivity contribution in [1.29, 1.82) is 0 Å². The zero-order chi connectivity index (χ0) is 21.2. The van der Waals surface area contributed by atoms with Crippen molar-refractivity contribution in [3.05, 3.63) is 58.2 Å². The lowest BCUT2D eigenvalue weighted by Gasteiger charge is -2.02. The second-order valence-corrected chi connectivity index (χ2v) is 8.38. The summed E-state index contributed by atoms with van der Waals surface area (Å²) in [6.07, 6.45) is 23.5. The lowest BCUT2D eigenvalue weighted by atomic mass is 10.0. The van der Waals surface area contributed by atoms with Crippen LogP contribution in [0.5, 0.6) is 0 Å². The molecule has 0 aliphatic heterocycles. The summed E-state index contributed by atoms with van der Waals surface area (Å²) in [5.41, 5.74) is 7.24. The maximum atomic E-state index is 10.4. The molecule has 0 heterocycles. The van der Waals surface area contributed by atoms with Crippen LogP contribution in [0.1, 0.15) is 106 Å². The zero-order valence-electron chi connectivity index (χ0n) is 19.4. The standard InChI is InChI=1S/C27H44O/c1-23(2)13-9-16-26(5)19-10-17-24(3)14-7-8-15-25(4)18-11-20-27(6)21-12-22-28/h13-15,19-20,22H,7-12,16-18,21H2,1-6H3/b24-14+,25-15+,26-19+,27-20+. The second-order valence-electron chi connectivity index (χ2n) is 8.38. The van der Waals surface area contributed by atoms with Gasteiger partial charge in [0.1, 0.15) is 6.29 Å². The summed E-state index contributed by atoms with van der Waals surface area (Å²) in [6.45, 7) is 13.2. The van der Waals surface area contributed by atoms with Gasteiger partial charge < -0.3 is 4.79 Å². The Kier molecular flexibility index (Phi) is 16.5. The SMILES string of the molecule is CC(C)=CCC/C(C)=C/CC/C(C)=C/CC/C=C(\C)CC/C=C(\C)CCC=O. The summed E-state index contributed by atoms with van der Waals surface area (Å²) in [5.74, 6) is 0. The van der Waals surface area contributed by atoms with E-state index < -0.39 is 0 Å². The van der Waals surface area contributed by atoms with E-state index in [0.717, 1.165) is 44.8 Å².